The zero-order valence-corrected chi connectivity index (χ0v) is 10.8. The van der Waals surface area contributed by atoms with Gasteiger partial charge in [-0.2, -0.15) is 0 Å². The van der Waals surface area contributed by atoms with Gasteiger partial charge in [0.25, 0.3) is 0 Å². The molecule has 3 rings (SSSR count). The van der Waals surface area contributed by atoms with Gasteiger partial charge < -0.3 is 5.32 Å². The Labute approximate surface area is 107 Å². The maximum atomic E-state index is 4.70. The van der Waals surface area contributed by atoms with Crippen LogP contribution >= 0.6 is 0 Å². The fraction of sp³-hybridized carbons (Fsp3) is 0.333. The summed E-state index contributed by atoms with van der Waals surface area (Å²) in [6.45, 7) is 2.09. The molecule has 0 amide bonds. The number of aromatic nitrogens is 2. The highest BCUT2D eigenvalue weighted by Gasteiger charge is 2.26. The van der Waals surface area contributed by atoms with Crippen molar-refractivity contribution < 1.29 is 0 Å². The molecule has 92 valence electrons. The Kier molecular flexibility index (Phi) is 2.74. The topological polar surface area (TPSA) is 37.8 Å². The summed E-state index contributed by atoms with van der Waals surface area (Å²) in [4.78, 5) is 9.25. The van der Waals surface area contributed by atoms with Crippen molar-refractivity contribution in [2.24, 2.45) is 0 Å². The van der Waals surface area contributed by atoms with Crippen LogP contribution in [0.3, 0.4) is 0 Å². The molecule has 0 atom stereocenters. The maximum Gasteiger partial charge on any atom is 0.161 e. The Balaban J connectivity index is 2.07. The largest absolute Gasteiger partial charge is 0.373 e. The van der Waals surface area contributed by atoms with Gasteiger partial charge in [0, 0.05) is 30.3 Å². The van der Waals surface area contributed by atoms with E-state index in [1.165, 1.54) is 24.1 Å². The molecular formula is C15H17N3. The summed E-state index contributed by atoms with van der Waals surface area (Å²) < 4.78 is 0. The van der Waals surface area contributed by atoms with Crippen LogP contribution in [0.2, 0.25) is 0 Å². The van der Waals surface area contributed by atoms with Gasteiger partial charge in [-0.25, -0.2) is 9.97 Å². The monoisotopic (exact) mass is 239 g/mol. The van der Waals surface area contributed by atoms with Crippen LogP contribution in [0.15, 0.2) is 30.3 Å². The van der Waals surface area contributed by atoms with E-state index >= 15 is 0 Å². The summed E-state index contributed by atoms with van der Waals surface area (Å²) in [6.07, 6.45) is 2.51. The van der Waals surface area contributed by atoms with E-state index in [1.54, 1.807) is 0 Å². The molecule has 1 fully saturated rings. The van der Waals surface area contributed by atoms with Crippen molar-refractivity contribution in [3.8, 4) is 11.4 Å². The average molecular weight is 239 g/mol. The van der Waals surface area contributed by atoms with E-state index in [9.17, 15) is 0 Å². The lowest BCUT2D eigenvalue weighted by molar-refractivity contribution is 0.994. The summed E-state index contributed by atoms with van der Waals surface area (Å²) in [5.41, 5.74) is 3.50. The maximum absolute atomic E-state index is 4.70. The molecule has 0 unspecified atom stereocenters. The van der Waals surface area contributed by atoms with Gasteiger partial charge in [-0.3, -0.25) is 0 Å². The Morgan fingerprint density at radius 1 is 1.17 bits per heavy atom. The lowest BCUT2D eigenvalue weighted by Gasteiger charge is -2.07. The van der Waals surface area contributed by atoms with Crippen molar-refractivity contribution in [2.75, 3.05) is 12.4 Å². The van der Waals surface area contributed by atoms with Gasteiger partial charge in [-0.1, -0.05) is 23.8 Å². The second kappa shape index (κ2) is 4.41. The zero-order chi connectivity index (χ0) is 12.5. The van der Waals surface area contributed by atoms with Gasteiger partial charge in [0.05, 0.1) is 0 Å². The molecule has 1 aliphatic carbocycles. The van der Waals surface area contributed by atoms with Gasteiger partial charge in [0.2, 0.25) is 0 Å². The van der Waals surface area contributed by atoms with E-state index in [1.807, 2.05) is 7.05 Å². The summed E-state index contributed by atoms with van der Waals surface area (Å²) >= 11 is 0. The van der Waals surface area contributed by atoms with Crippen LogP contribution in [0.4, 0.5) is 5.82 Å². The molecule has 0 radical (unpaired) electrons. The number of aryl methyl sites for hydroxylation is 1. The number of rotatable bonds is 3. The smallest absolute Gasteiger partial charge is 0.161 e. The van der Waals surface area contributed by atoms with Crippen LogP contribution in [0.1, 0.15) is 30.0 Å². The van der Waals surface area contributed by atoms with Crippen molar-refractivity contribution >= 4 is 5.82 Å². The minimum Gasteiger partial charge on any atom is -0.373 e. The van der Waals surface area contributed by atoms with Crippen molar-refractivity contribution in [2.45, 2.75) is 25.7 Å². The normalized spacial score (nSPS) is 14.6. The Hall–Kier alpha value is -1.90. The lowest BCUT2D eigenvalue weighted by Crippen LogP contribution is -2.00. The molecule has 18 heavy (non-hydrogen) atoms. The Bertz CT molecular complexity index is 574. The quantitative estimate of drug-likeness (QED) is 0.892. The molecular weight excluding hydrogens is 222 g/mol. The highest BCUT2D eigenvalue weighted by atomic mass is 15.0. The van der Waals surface area contributed by atoms with Crippen molar-refractivity contribution in [3.05, 3.63) is 41.6 Å². The third-order valence-electron chi connectivity index (χ3n) is 3.27. The van der Waals surface area contributed by atoms with Gasteiger partial charge >= 0.3 is 0 Å². The first-order valence-corrected chi connectivity index (χ1v) is 6.40. The van der Waals surface area contributed by atoms with Crippen LogP contribution in [0, 0.1) is 6.92 Å². The van der Waals surface area contributed by atoms with Crippen molar-refractivity contribution in [1.29, 1.82) is 0 Å². The highest BCUT2D eigenvalue weighted by Crippen LogP contribution is 2.40. The summed E-state index contributed by atoms with van der Waals surface area (Å²) in [6, 6.07) is 10.4. The number of hydrogen-bond acceptors (Lipinski definition) is 3. The molecule has 0 saturated heterocycles. The lowest BCUT2D eigenvalue weighted by atomic mass is 10.1. The fourth-order valence-corrected chi connectivity index (χ4v) is 2.10. The van der Waals surface area contributed by atoms with E-state index in [-0.39, 0.29) is 0 Å². The van der Waals surface area contributed by atoms with Crippen LogP contribution in [0.5, 0.6) is 0 Å². The summed E-state index contributed by atoms with van der Waals surface area (Å²) in [5.74, 6) is 2.37. The minimum atomic E-state index is 0.642. The molecule has 3 nitrogen and oxygen atoms in total. The number of benzene rings is 1. The first-order valence-electron chi connectivity index (χ1n) is 6.40. The predicted octanol–water partition coefficient (Wildman–Crippen LogP) is 3.37. The first kappa shape index (κ1) is 11.2. The highest BCUT2D eigenvalue weighted by molar-refractivity contribution is 5.58. The standard InChI is InChI=1S/C15H17N3/c1-10-4-3-5-12(8-10)15-17-13(11-6-7-11)9-14(16-2)18-15/h3-5,8-9,11H,6-7H2,1-2H3,(H,16,17,18). The summed E-state index contributed by atoms with van der Waals surface area (Å²) in [7, 11) is 1.90. The van der Waals surface area contributed by atoms with E-state index in [2.05, 4.69) is 47.6 Å². The summed E-state index contributed by atoms with van der Waals surface area (Å²) in [5, 5.41) is 3.12. The number of hydrogen-bond donors (Lipinski definition) is 1. The molecule has 0 aliphatic heterocycles. The fourth-order valence-electron chi connectivity index (χ4n) is 2.10. The second-order valence-corrected chi connectivity index (χ2v) is 4.90. The molecule has 1 saturated carbocycles. The van der Waals surface area contributed by atoms with Gasteiger partial charge in [0.1, 0.15) is 5.82 Å². The van der Waals surface area contributed by atoms with Gasteiger partial charge in [-0.15, -0.1) is 0 Å². The van der Waals surface area contributed by atoms with Gasteiger partial charge in [-0.05, 0) is 25.8 Å². The Morgan fingerprint density at radius 3 is 2.67 bits per heavy atom. The molecule has 0 spiro atoms. The number of nitrogens with zero attached hydrogens (tertiary/aromatic N) is 2. The molecule has 1 aliphatic rings. The van der Waals surface area contributed by atoms with E-state index in [0.717, 1.165) is 17.2 Å². The number of anilines is 1. The van der Waals surface area contributed by atoms with E-state index < -0.39 is 0 Å². The third kappa shape index (κ3) is 2.21. The van der Waals surface area contributed by atoms with Crippen LogP contribution < -0.4 is 5.32 Å². The minimum absolute atomic E-state index is 0.642. The Morgan fingerprint density at radius 2 is 2.00 bits per heavy atom. The molecule has 3 heteroatoms. The molecule has 1 N–H and O–H groups in total. The van der Waals surface area contributed by atoms with E-state index in [4.69, 9.17) is 4.98 Å². The van der Waals surface area contributed by atoms with Crippen molar-refractivity contribution in [3.63, 3.8) is 0 Å². The van der Waals surface area contributed by atoms with Crippen LogP contribution in [0.25, 0.3) is 11.4 Å². The third-order valence-corrected chi connectivity index (χ3v) is 3.27. The van der Waals surface area contributed by atoms with Crippen molar-refractivity contribution in [1.82, 2.24) is 9.97 Å². The van der Waals surface area contributed by atoms with Crippen LogP contribution in [-0.2, 0) is 0 Å². The predicted molar refractivity (Wildman–Crippen MR) is 73.7 cm³/mol. The molecule has 1 aromatic carbocycles. The van der Waals surface area contributed by atoms with Crippen LogP contribution in [-0.4, -0.2) is 17.0 Å². The average Bonchev–Trinajstić information content (AvgIpc) is 3.22. The zero-order valence-electron chi connectivity index (χ0n) is 10.8. The second-order valence-electron chi connectivity index (χ2n) is 4.90. The first-order chi connectivity index (χ1) is 8.76. The van der Waals surface area contributed by atoms with Gasteiger partial charge in [0.15, 0.2) is 5.82 Å². The SMILES string of the molecule is CNc1cc(C2CC2)nc(-c2cccc(C)c2)n1. The van der Waals surface area contributed by atoms with E-state index in [0.29, 0.717) is 5.92 Å². The number of nitrogens with one attached hydrogen (secondary N) is 1. The molecule has 1 aromatic heterocycles. The molecule has 1 heterocycles. The molecule has 2 aromatic rings. The molecule has 0 bridgehead atoms.